The fourth-order valence-corrected chi connectivity index (χ4v) is 1.20. The standard InChI is InChI=1S/C9H14N2O2/c1-10-9(8(13)6-12)7-4-2-3-5-11-7/h2-5,8-10,12-13H,6H2,1H3. The Morgan fingerprint density at radius 1 is 1.54 bits per heavy atom. The van der Waals surface area contributed by atoms with Crippen LogP contribution in [0.2, 0.25) is 0 Å². The molecule has 0 aliphatic carbocycles. The van der Waals surface area contributed by atoms with Crippen molar-refractivity contribution in [3.8, 4) is 0 Å². The van der Waals surface area contributed by atoms with Crippen LogP contribution in [0.1, 0.15) is 11.7 Å². The van der Waals surface area contributed by atoms with Gasteiger partial charge in [0, 0.05) is 6.20 Å². The molecule has 1 rings (SSSR count). The summed E-state index contributed by atoms with van der Waals surface area (Å²) in [6.07, 6.45) is 0.837. The molecule has 0 radical (unpaired) electrons. The molecule has 13 heavy (non-hydrogen) atoms. The van der Waals surface area contributed by atoms with Crippen LogP contribution < -0.4 is 5.32 Å². The van der Waals surface area contributed by atoms with E-state index in [0.717, 1.165) is 5.69 Å². The van der Waals surface area contributed by atoms with Crippen LogP contribution in [-0.2, 0) is 0 Å². The van der Waals surface area contributed by atoms with E-state index in [4.69, 9.17) is 5.11 Å². The van der Waals surface area contributed by atoms with E-state index in [-0.39, 0.29) is 12.6 Å². The number of likely N-dealkylation sites (N-methyl/N-ethyl adjacent to an activating group) is 1. The van der Waals surface area contributed by atoms with E-state index in [1.165, 1.54) is 0 Å². The van der Waals surface area contributed by atoms with Gasteiger partial charge < -0.3 is 15.5 Å². The third-order valence-corrected chi connectivity index (χ3v) is 1.89. The van der Waals surface area contributed by atoms with Crippen molar-refractivity contribution in [3.63, 3.8) is 0 Å². The molecule has 3 N–H and O–H groups in total. The van der Waals surface area contributed by atoms with Gasteiger partial charge in [-0.05, 0) is 19.2 Å². The first-order valence-corrected chi connectivity index (χ1v) is 4.16. The summed E-state index contributed by atoms with van der Waals surface area (Å²) < 4.78 is 0. The van der Waals surface area contributed by atoms with Gasteiger partial charge >= 0.3 is 0 Å². The molecule has 4 heteroatoms. The highest BCUT2D eigenvalue weighted by atomic mass is 16.3. The lowest BCUT2D eigenvalue weighted by atomic mass is 10.1. The summed E-state index contributed by atoms with van der Waals surface area (Å²) in [5.41, 5.74) is 0.728. The Hall–Kier alpha value is -0.970. The number of hydrogen-bond acceptors (Lipinski definition) is 4. The highest BCUT2D eigenvalue weighted by Gasteiger charge is 2.18. The average Bonchev–Trinajstić information content (AvgIpc) is 2.20. The molecule has 0 fully saturated rings. The summed E-state index contributed by atoms with van der Waals surface area (Å²) in [6, 6.07) is 5.14. The summed E-state index contributed by atoms with van der Waals surface area (Å²) in [7, 11) is 1.72. The molecule has 0 aromatic carbocycles. The van der Waals surface area contributed by atoms with E-state index in [0.29, 0.717) is 0 Å². The molecule has 2 unspecified atom stereocenters. The second kappa shape index (κ2) is 4.91. The molecule has 0 aliphatic heterocycles. The first-order chi connectivity index (χ1) is 6.29. The fourth-order valence-electron chi connectivity index (χ4n) is 1.20. The van der Waals surface area contributed by atoms with E-state index < -0.39 is 6.10 Å². The lowest BCUT2D eigenvalue weighted by Gasteiger charge is -2.19. The smallest absolute Gasteiger partial charge is 0.0980 e. The molecular formula is C9H14N2O2. The largest absolute Gasteiger partial charge is 0.394 e. The van der Waals surface area contributed by atoms with Gasteiger partial charge in [-0.2, -0.15) is 0 Å². The number of nitrogens with one attached hydrogen (secondary N) is 1. The van der Waals surface area contributed by atoms with Crippen molar-refractivity contribution < 1.29 is 10.2 Å². The van der Waals surface area contributed by atoms with Crippen molar-refractivity contribution in [3.05, 3.63) is 30.1 Å². The quantitative estimate of drug-likeness (QED) is 0.598. The number of aliphatic hydroxyl groups excluding tert-OH is 2. The third kappa shape index (κ3) is 2.48. The fraction of sp³-hybridized carbons (Fsp3) is 0.444. The third-order valence-electron chi connectivity index (χ3n) is 1.89. The van der Waals surface area contributed by atoms with E-state index in [1.54, 1.807) is 19.3 Å². The van der Waals surface area contributed by atoms with Crippen LogP contribution in [0.25, 0.3) is 0 Å². The maximum absolute atomic E-state index is 9.42. The van der Waals surface area contributed by atoms with Gasteiger partial charge in [0.25, 0.3) is 0 Å². The van der Waals surface area contributed by atoms with Crippen molar-refractivity contribution in [2.45, 2.75) is 12.1 Å². The van der Waals surface area contributed by atoms with Crippen molar-refractivity contribution in [2.75, 3.05) is 13.7 Å². The minimum absolute atomic E-state index is 0.276. The van der Waals surface area contributed by atoms with Gasteiger partial charge in [0.1, 0.15) is 0 Å². The van der Waals surface area contributed by atoms with Crippen LogP contribution in [0.3, 0.4) is 0 Å². The van der Waals surface area contributed by atoms with Crippen molar-refractivity contribution in [1.29, 1.82) is 0 Å². The Balaban J connectivity index is 2.78. The summed E-state index contributed by atoms with van der Waals surface area (Å²) in [4.78, 5) is 4.09. The molecule has 0 spiro atoms. The molecule has 0 aliphatic rings. The molecule has 0 saturated carbocycles. The zero-order valence-corrected chi connectivity index (χ0v) is 7.51. The Morgan fingerprint density at radius 3 is 2.77 bits per heavy atom. The van der Waals surface area contributed by atoms with Crippen LogP contribution in [0, 0.1) is 0 Å². The second-order valence-corrected chi connectivity index (χ2v) is 2.77. The monoisotopic (exact) mass is 182 g/mol. The molecule has 4 nitrogen and oxygen atoms in total. The number of pyridine rings is 1. The lowest BCUT2D eigenvalue weighted by molar-refractivity contribution is 0.0637. The van der Waals surface area contributed by atoms with Gasteiger partial charge in [0.05, 0.1) is 24.4 Å². The SMILES string of the molecule is CNC(c1ccccn1)C(O)CO. The van der Waals surface area contributed by atoms with Crippen molar-refractivity contribution in [1.82, 2.24) is 10.3 Å². The summed E-state index contributed by atoms with van der Waals surface area (Å²) in [5.74, 6) is 0. The molecule has 0 bridgehead atoms. The molecule has 1 aromatic rings. The molecule has 0 amide bonds. The molecular weight excluding hydrogens is 168 g/mol. The minimum atomic E-state index is -0.820. The Bertz CT molecular complexity index is 241. The van der Waals surface area contributed by atoms with E-state index >= 15 is 0 Å². The topological polar surface area (TPSA) is 65.4 Å². The van der Waals surface area contributed by atoms with Gasteiger partial charge in [-0.1, -0.05) is 6.07 Å². The van der Waals surface area contributed by atoms with Crippen molar-refractivity contribution in [2.24, 2.45) is 0 Å². The van der Waals surface area contributed by atoms with Crippen LogP contribution >= 0.6 is 0 Å². The molecule has 72 valence electrons. The zero-order valence-electron chi connectivity index (χ0n) is 7.51. The average molecular weight is 182 g/mol. The van der Waals surface area contributed by atoms with E-state index in [2.05, 4.69) is 10.3 Å². The normalized spacial score (nSPS) is 15.3. The number of hydrogen-bond donors (Lipinski definition) is 3. The number of nitrogens with zero attached hydrogens (tertiary/aromatic N) is 1. The van der Waals surface area contributed by atoms with Gasteiger partial charge in [-0.15, -0.1) is 0 Å². The summed E-state index contributed by atoms with van der Waals surface area (Å²) in [5, 5.41) is 21.1. The van der Waals surface area contributed by atoms with E-state index in [9.17, 15) is 5.11 Å². The summed E-state index contributed by atoms with van der Waals surface area (Å²) in [6.45, 7) is -0.276. The Kier molecular flexibility index (Phi) is 3.82. The first kappa shape index (κ1) is 10.1. The number of rotatable bonds is 4. The lowest BCUT2D eigenvalue weighted by Crippen LogP contribution is -2.32. The second-order valence-electron chi connectivity index (χ2n) is 2.77. The maximum atomic E-state index is 9.42. The highest BCUT2D eigenvalue weighted by Crippen LogP contribution is 2.12. The van der Waals surface area contributed by atoms with Crippen molar-refractivity contribution >= 4 is 0 Å². The molecule has 1 aromatic heterocycles. The highest BCUT2D eigenvalue weighted by molar-refractivity contribution is 5.10. The Labute approximate surface area is 77.2 Å². The van der Waals surface area contributed by atoms with Gasteiger partial charge in [0.2, 0.25) is 0 Å². The van der Waals surface area contributed by atoms with Crippen LogP contribution in [-0.4, -0.2) is 35.0 Å². The van der Waals surface area contributed by atoms with Gasteiger partial charge in [0.15, 0.2) is 0 Å². The number of aromatic nitrogens is 1. The van der Waals surface area contributed by atoms with Gasteiger partial charge in [-0.3, -0.25) is 4.98 Å². The molecule has 0 saturated heterocycles. The Morgan fingerprint density at radius 2 is 2.31 bits per heavy atom. The zero-order chi connectivity index (χ0) is 9.68. The maximum Gasteiger partial charge on any atom is 0.0980 e. The van der Waals surface area contributed by atoms with Crippen LogP contribution in [0.4, 0.5) is 0 Å². The van der Waals surface area contributed by atoms with Crippen LogP contribution in [0.5, 0.6) is 0 Å². The van der Waals surface area contributed by atoms with E-state index in [1.807, 2.05) is 12.1 Å². The number of aliphatic hydroxyl groups is 2. The molecule has 1 heterocycles. The summed E-state index contributed by atoms with van der Waals surface area (Å²) >= 11 is 0. The first-order valence-electron chi connectivity index (χ1n) is 4.16. The predicted octanol–water partition coefficient (Wildman–Crippen LogP) is -0.305. The van der Waals surface area contributed by atoms with Crippen LogP contribution in [0.15, 0.2) is 24.4 Å². The van der Waals surface area contributed by atoms with Gasteiger partial charge in [-0.25, -0.2) is 0 Å². The minimum Gasteiger partial charge on any atom is -0.394 e. The molecule has 2 atom stereocenters. The predicted molar refractivity (Wildman–Crippen MR) is 49.1 cm³/mol.